The molecule has 4 nitrogen and oxygen atoms in total. The van der Waals surface area contributed by atoms with Crippen molar-refractivity contribution in [2.24, 2.45) is 4.99 Å². The van der Waals surface area contributed by atoms with Crippen molar-refractivity contribution in [3.63, 3.8) is 0 Å². The van der Waals surface area contributed by atoms with Crippen molar-refractivity contribution in [3.8, 4) is 0 Å². The van der Waals surface area contributed by atoms with Crippen LogP contribution in [-0.4, -0.2) is 27.3 Å². The normalized spacial score (nSPS) is 13.1. The van der Waals surface area contributed by atoms with Gasteiger partial charge in [0.25, 0.3) is 5.91 Å². The van der Waals surface area contributed by atoms with Gasteiger partial charge in [0.05, 0.1) is 5.56 Å². The first kappa shape index (κ1) is 15.5. The van der Waals surface area contributed by atoms with E-state index in [4.69, 9.17) is 0 Å². The van der Waals surface area contributed by atoms with E-state index < -0.39 is 26.5 Å². The summed E-state index contributed by atoms with van der Waals surface area (Å²) in [7, 11) is -3.77. The van der Waals surface area contributed by atoms with Gasteiger partial charge >= 0.3 is 0 Å². The van der Waals surface area contributed by atoms with Crippen molar-refractivity contribution in [1.29, 1.82) is 0 Å². The molecule has 0 spiro atoms. The fourth-order valence-electron chi connectivity index (χ4n) is 1.81. The molecule has 1 aromatic carbocycles. The molecule has 1 atom stereocenters. The summed E-state index contributed by atoms with van der Waals surface area (Å²) in [6, 6.07) is 2.72. The number of hydrogen-bond acceptors (Lipinski definition) is 3. The first-order valence-corrected chi connectivity index (χ1v) is 7.66. The molecule has 1 aromatic rings. The van der Waals surface area contributed by atoms with Crippen molar-refractivity contribution < 1.29 is 17.6 Å². The number of sulfone groups is 1. The molecular weight excluding hydrogens is 269 g/mol. The van der Waals surface area contributed by atoms with Crippen molar-refractivity contribution >= 4 is 22.5 Å². The fourth-order valence-corrected chi connectivity index (χ4v) is 2.94. The summed E-state index contributed by atoms with van der Waals surface area (Å²) in [5.41, 5.74) is 0.00518. The molecule has 0 fully saturated rings. The summed E-state index contributed by atoms with van der Waals surface area (Å²) in [4.78, 5) is 14.1. The summed E-state index contributed by atoms with van der Waals surface area (Å²) < 4.78 is 37.8. The van der Waals surface area contributed by atoms with Crippen LogP contribution >= 0.6 is 0 Å². The molecule has 1 amide bonds. The molecule has 19 heavy (non-hydrogen) atoms. The summed E-state index contributed by atoms with van der Waals surface area (Å²) in [6.07, 6.45) is 1.59. The van der Waals surface area contributed by atoms with Gasteiger partial charge < -0.3 is 0 Å². The number of amides is 1. The molecule has 0 saturated heterocycles. The Hall–Kier alpha value is -1.56. The number of carbonyl (C=O) groups is 1. The monoisotopic (exact) mass is 285 g/mol. The lowest BCUT2D eigenvalue weighted by Crippen LogP contribution is -2.12. The molecule has 0 aliphatic carbocycles. The van der Waals surface area contributed by atoms with Gasteiger partial charge in [0.2, 0.25) is 0 Å². The third kappa shape index (κ3) is 3.07. The van der Waals surface area contributed by atoms with E-state index >= 15 is 0 Å². The van der Waals surface area contributed by atoms with Crippen LogP contribution < -0.4 is 0 Å². The van der Waals surface area contributed by atoms with Crippen LogP contribution in [0.15, 0.2) is 22.0 Å². The fraction of sp³-hybridized carbons (Fsp3) is 0.385. The highest BCUT2D eigenvalue weighted by molar-refractivity contribution is 7.90. The van der Waals surface area contributed by atoms with Gasteiger partial charge in [0.1, 0.15) is 4.90 Å². The number of rotatable bonds is 4. The number of halogens is 1. The van der Waals surface area contributed by atoms with E-state index in [0.717, 1.165) is 6.26 Å². The van der Waals surface area contributed by atoms with Crippen molar-refractivity contribution in [1.82, 2.24) is 0 Å². The number of benzene rings is 1. The zero-order valence-electron chi connectivity index (χ0n) is 11.1. The first-order valence-electron chi connectivity index (χ1n) is 5.77. The van der Waals surface area contributed by atoms with E-state index in [9.17, 15) is 17.6 Å². The Morgan fingerprint density at radius 3 is 2.47 bits per heavy atom. The molecule has 0 radical (unpaired) electrons. The number of nitrogens with zero attached hydrogens (tertiary/aromatic N) is 1. The summed E-state index contributed by atoms with van der Waals surface area (Å²) in [5, 5.41) is 0. The van der Waals surface area contributed by atoms with E-state index in [2.05, 4.69) is 11.7 Å². The Labute approximate surface area is 112 Å². The molecule has 6 heteroatoms. The molecule has 0 aromatic heterocycles. The Kier molecular flexibility index (Phi) is 4.57. The van der Waals surface area contributed by atoms with E-state index in [0.29, 0.717) is 12.0 Å². The van der Waals surface area contributed by atoms with Crippen LogP contribution in [0.25, 0.3) is 0 Å². The smallest absolute Gasteiger partial charge is 0.267 e. The van der Waals surface area contributed by atoms with Gasteiger partial charge in [0.15, 0.2) is 15.7 Å². The summed E-state index contributed by atoms with van der Waals surface area (Å²) in [5.74, 6) is -2.05. The van der Waals surface area contributed by atoms with Crippen molar-refractivity contribution in [2.45, 2.75) is 31.1 Å². The highest BCUT2D eigenvalue weighted by Gasteiger charge is 2.26. The summed E-state index contributed by atoms with van der Waals surface area (Å²) in [6.45, 7) is 6.70. The van der Waals surface area contributed by atoms with Crippen LogP contribution in [0.2, 0.25) is 0 Å². The van der Waals surface area contributed by atoms with Crippen LogP contribution in [0.4, 0.5) is 4.39 Å². The molecule has 0 aliphatic rings. The van der Waals surface area contributed by atoms with Crippen molar-refractivity contribution in [2.75, 3.05) is 6.26 Å². The van der Waals surface area contributed by atoms with E-state index in [1.165, 1.54) is 12.1 Å². The van der Waals surface area contributed by atoms with Crippen LogP contribution in [0.1, 0.15) is 42.1 Å². The zero-order chi connectivity index (χ0) is 14.8. The predicted molar refractivity (Wildman–Crippen MR) is 72.1 cm³/mol. The second-order valence-corrected chi connectivity index (χ2v) is 6.34. The van der Waals surface area contributed by atoms with Crippen LogP contribution in [0.3, 0.4) is 0 Å². The van der Waals surface area contributed by atoms with Crippen molar-refractivity contribution in [3.05, 3.63) is 29.1 Å². The third-order valence-corrected chi connectivity index (χ3v) is 4.17. The second kappa shape index (κ2) is 5.61. The largest absolute Gasteiger partial charge is 0.279 e. The zero-order valence-corrected chi connectivity index (χ0v) is 11.9. The number of carbonyl (C=O) groups excluding carboxylic acids is 1. The molecule has 1 rings (SSSR count). The maximum atomic E-state index is 14.3. The minimum atomic E-state index is -3.77. The average molecular weight is 285 g/mol. The third-order valence-electron chi connectivity index (χ3n) is 3.02. The Morgan fingerprint density at radius 2 is 2.05 bits per heavy atom. The van der Waals surface area contributed by atoms with Crippen LogP contribution in [0.5, 0.6) is 0 Å². The minimum absolute atomic E-state index is 0.125. The maximum Gasteiger partial charge on any atom is 0.279 e. The molecular formula is C13H16FNO3S. The maximum absolute atomic E-state index is 14.3. The lowest BCUT2D eigenvalue weighted by Gasteiger charge is -2.15. The molecule has 0 aliphatic heterocycles. The Balaban J connectivity index is 3.69. The Bertz CT molecular complexity index is 623. The second-order valence-electron chi connectivity index (χ2n) is 4.39. The van der Waals surface area contributed by atoms with E-state index in [-0.39, 0.29) is 11.5 Å². The first-order chi connectivity index (χ1) is 8.73. The lowest BCUT2D eigenvalue weighted by atomic mass is 9.97. The van der Waals surface area contributed by atoms with E-state index in [1.807, 2.05) is 6.92 Å². The highest BCUT2D eigenvalue weighted by Crippen LogP contribution is 2.30. The van der Waals surface area contributed by atoms with Gasteiger partial charge in [-0.15, -0.1) is 0 Å². The molecule has 0 bridgehead atoms. The SMILES string of the molecule is C=NC(=O)c1ccc(C(C)CC)c(S(C)(=O)=O)c1F. The molecule has 0 N–H and O–H groups in total. The van der Waals surface area contributed by atoms with Gasteiger partial charge in [0, 0.05) is 6.26 Å². The van der Waals surface area contributed by atoms with Crippen LogP contribution in [-0.2, 0) is 9.84 Å². The minimum Gasteiger partial charge on any atom is -0.267 e. The van der Waals surface area contributed by atoms with Gasteiger partial charge in [-0.1, -0.05) is 19.9 Å². The topological polar surface area (TPSA) is 63.6 Å². The van der Waals surface area contributed by atoms with Gasteiger partial charge in [-0.25, -0.2) is 17.8 Å². The molecule has 1 unspecified atom stereocenters. The van der Waals surface area contributed by atoms with Gasteiger partial charge in [-0.2, -0.15) is 0 Å². The molecule has 104 valence electrons. The average Bonchev–Trinajstić information content (AvgIpc) is 2.34. The lowest BCUT2D eigenvalue weighted by molar-refractivity contribution is 0.0999. The molecule has 0 heterocycles. The summed E-state index contributed by atoms with van der Waals surface area (Å²) >= 11 is 0. The quantitative estimate of drug-likeness (QED) is 0.799. The number of aliphatic imine (C=N–C) groups is 1. The standard InChI is InChI=1S/C13H16FNO3S/c1-5-8(2)9-6-7-10(13(16)15-3)11(14)12(9)19(4,17)18/h6-8H,3,5H2,1-2,4H3. The van der Waals surface area contributed by atoms with Crippen LogP contribution in [0, 0.1) is 5.82 Å². The molecule has 0 saturated carbocycles. The van der Waals surface area contributed by atoms with Gasteiger partial charge in [-0.3, -0.25) is 4.79 Å². The Morgan fingerprint density at radius 1 is 1.47 bits per heavy atom. The number of hydrogen-bond donors (Lipinski definition) is 0. The highest BCUT2D eigenvalue weighted by atomic mass is 32.2. The predicted octanol–water partition coefficient (Wildman–Crippen LogP) is 2.58. The van der Waals surface area contributed by atoms with Gasteiger partial charge in [-0.05, 0) is 30.7 Å². The van der Waals surface area contributed by atoms with E-state index in [1.54, 1.807) is 6.92 Å².